The number of benzene rings is 1. The minimum absolute atomic E-state index is 0.00732. The normalized spacial score (nSPS) is 18.3. The van der Waals surface area contributed by atoms with Crippen molar-refractivity contribution in [2.45, 2.75) is 25.3 Å². The molecule has 2 aromatic rings. The quantitative estimate of drug-likeness (QED) is 0.678. The molecule has 2 aliphatic rings. The lowest BCUT2D eigenvalue weighted by atomic mass is 9.96. The fraction of sp³-hybridized carbons (Fsp3) is 0.348. The first-order valence-corrected chi connectivity index (χ1v) is 12.4. The molecule has 0 amide bonds. The Kier molecular flexibility index (Phi) is 6.12. The molecule has 0 saturated heterocycles. The molecule has 1 N–H and O–H groups in total. The van der Waals surface area contributed by atoms with E-state index in [1.54, 1.807) is 13.0 Å². The summed E-state index contributed by atoms with van der Waals surface area (Å²) < 4.78 is 66.2. The van der Waals surface area contributed by atoms with E-state index in [0.717, 1.165) is 23.3 Å². The summed E-state index contributed by atoms with van der Waals surface area (Å²) in [5, 5.41) is 11.8. The summed E-state index contributed by atoms with van der Waals surface area (Å²) in [7, 11) is -1.22. The number of hydrogen-bond donors (Lipinski definition) is 1. The molecule has 0 unspecified atom stereocenters. The maximum atomic E-state index is 14.9. The highest BCUT2D eigenvalue weighted by Gasteiger charge is 2.36. The SMILES string of the molecule is C[C@H](Nc1ncnc2c1C=C(C1=CCS(=O)(=O)CC1)CN2C)c1cccc(C(F)(F)C#N)c1F. The molecule has 34 heavy (non-hydrogen) atoms. The van der Waals surface area contributed by atoms with Gasteiger partial charge in [0.15, 0.2) is 9.84 Å². The summed E-state index contributed by atoms with van der Waals surface area (Å²) in [6.07, 6.45) is 5.37. The van der Waals surface area contributed by atoms with Crippen LogP contribution in [0, 0.1) is 17.1 Å². The zero-order valence-electron chi connectivity index (χ0n) is 18.5. The first kappa shape index (κ1) is 23.8. The van der Waals surface area contributed by atoms with E-state index in [0.29, 0.717) is 30.2 Å². The number of likely N-dealkylation sites (N-methyl/N-ethyl adjacent to an activating group) is 1. The van der Waals surface area contributed by atoms with Gasteiger partial charge in [-0.2, -0.15) is 14.0 Å². The smallest absolute Gasteiger partial charge is 0.360 e. The van der Waals surface area contributed by atoms with Gasteiger partial charge in [0.2, 0.25) is 0 Å². The van der Waals surface area contributed by atoms with Crippen molar-refractivity contribution >= 4 is 27.5 Å². The fourth-order valence-electron chi connectivity index (χ4n) is 4.12. The van der Waals surface area contributed by atoms with Crippen molar-refractivity contribution in [3.63, 3.8) is 0 Å². The summed E-state index contributed by atoms with van der Waals surface area (Å²) in [6.45, 7) is 2.14. The van der Waals surface area contributed by atoms with Crippen LogP contribution in [0.15, 0.2) is 41.7 Å². The van der Waals surface area contributed by atoms with Crippen LogP contribution in [0.3, 0.4) is 0 Å². The number of nitrogens with zero attached hydrogens (tertiary/aromatic N) is 4. The fourth-order valence-corrected chi connectivity index (χ4v) is 5.28. The molecule has 1 aromatic carbocycles. The first-order valence-electron chi connectivity index (χ1n) is 10.5. The third-order valence-electron chi connectivity index (χ3n) is 5.96. The van der Waals surface area contributed by atoms with Crippen LogP contribution in [0.25, 0.3) is 6.08 Å². The van der Waals surface area contributed by atoms with Crippen molar-refractivity contribution in [3.05, 3.63) is 64.3 Å². The van der Waals surface area contributed by atoms with Crippen LogP contribution < -0.4 is 10.2 Å². The lowest BCUT2D eigenvalue weighted by Gasteiger charge is -2.30. The van der Waals surface area contributed by atoms with Crippen molar-refractivity contribution in [3.8, 4) is 6.07 Å². The molecule has 0 saturated carbocycles. The van der Waals surface area contributed by atoms with E-state index in [9.17, 15) is 21.6 Å². The first-order chi connectivity index (χ1) is 16.0. The number of halogens is 3. The van der Waals surface area contributed by atoms with E-state index in [2.05, 4.69) is 15.3 Å². The van der Waals surface area contributed by atoms with Crippen LogP contribution in [0.5, 0.6) is 0 Å². The Bertz CT molecular complexity index is 1350. The summed E-state index contributed by atoms with van der Waals surface area (Å²) in [4.78, 5) is 10.5. The van der Waals surface area contributed by atoms with Gasteiger partial charge in [-0.15, -0.1) is 0 Å². The zero-order valence-corrected chi connectivity index (χ0v) is 19.3. The highest BCUT2D eigenvalue weighted by Crippen LogP contribution is 2.37. The molecule has 0 fully saturated rings. The summed E-state index contributed by atoms with van der Waals surface area (Å²) in [5.41, 5.74) is 1.48. The lowest BCUT2D eigenvalue weighted by molar-refractivity contribution is 0.0569. The van der Waals surface area contributed by atoms with Gasteiger partial charge in [0.05, 0.1) is 28.7 Å². The van der Waals surface area contributed by atoms with Crippen molar-refractivity contribution in [2.24, 2.45) is 0 Å². The predicted molar refractivity (Wildman–Crippen MR) is 123 cm³/mol. The van der Waals surface area contributed by atoms with Crippen LogP contribution in [-0.4, -0.2) is 43.5 Å². The Morgan fingerprint density at radius 3 is 2.71 bits per heavy atom. The van der Waals surface area contributed by atoms with Gasteiger partial charge in [-0.25, -0.2) is 22.8 Å². The predicted octanol–water partition coefficient (Wildman–Crippen LogP) is 3.98. The molecule has 2 aliphatic heterocycles. The van der Waals surface area contributed by atoms with E-state index >= 15 is 0 Å². The number of nitriles is 1. The minimum atomic E-state index is -3.95. The largest absolute Gasteiger partial charge is 0.363 e. The molecule has 4 rings (SSSR count). The molecule has 1 aromatic heterocycles. The van der Waals surface area contributed by atoms with Gasteiger partial charge >= 0.3 is 5.92 Å². The van der Waals surface area contributed by atoms with Crippen LogP contribution >= 0.6 is 0 Å². The highest BCUT2D eigenvalue weighted by molar-refractivity contribution is 7.91. The number of alkyl halides is 2. The lowest BCUT2D eigenvalue weighted by Crippen LogP contribution is -2.28. The third-order valence-corrected chi connectivity index (χ3v) is 7.46. The number of anilines is 2. The second-order valence-electron chi connectivity index (χ2n) is 8.34. The average molecular weight is 490 g/mol. The summed E-state index contributed by atoms with van der Waals surface area (Å²) in [5.74, 6) is -4.02. The van der Waals surface area contributed by atoms with E-state index < -0.39 is 33.2 Å². The second-order valence-corrected chi connectivity index (χ2v) is 10.6. The second kappa shape index (κ2) is 8.76. The topological polar surface area (TPSA) is 99.0 Å². The van der Waals surface area contributed by atoms with Crippen molar-refractivity contribution in [2.75, 3.05) is 35.3 Å². The molecule has 7 nitrogen and oxygen atoms in total. The minimum Gasteiger partial charge on any atom is -0.363 e. The van der Waals surface area contributed by atoms with Gasteiger partial charge < -0.3 is 10.2 Å². The molecule has 0 radical (unpaired) electrons. The van der Waals surface area contributed by atoms with Gasteiger partial charge in [-0.1, -0.05) is 18.2 Å². The highest BCUT2D eigenvalue weighted by atomic mass is 32.2. The van der Waals surface area contributed by atoms with E-state index in [4.69, 9.17) is 5.26 Å². The molecule has 0 spiro atoms. The maximum Gasteiger partial charge on any atom is 0.360 e. The van der Waals surface area contributed by atoms with Gasteiger partial charge in [0.25, 0.3) is 0 Å². The summed E-state index contributed by atoms with van der Waals surface area (Å²) in [6, 6.07) is 3.62. The number of hydrogen-bond acceptors (Lipinski definition) is 7. The van der Waals surface area contributed by atoms with Crippen LogP contribution in [0.4, 0.5) is 24.8 Å². The maximum absolute atomic E-state index is 14.9. The zero-order chi connectivity index (χ0) is 24.7. The number of aromatic nitrogens is 2. The van der Waals surface area contributed by atoms with Crippen molar-refractivity contribution in [1.29, 1.82) is 5.26 Å². The van der Waals surface area contributed by atoms with E-state index in [1.165, 1.54) is 18.5 Å². The van der Waals surface area contributed by atoms with E-state index in [-0.39, 0.29) is 17.1 Å². The molecule has 3 heterocycles. The standard InChI is InChI=1S/C23H22F3N5O2S/c1-14(17-4-3-5-19(20(17)24)23(25,26)12-27)30-21-18-10-16(11-31(2)22(18)29-13-28-21)15-6-8-34(32,33)9-7-15/h3-6,10,13-14H,7-9,11H2,1-2H3,(H,28,29,30)/t14-/m0/s1. The molecule has 1 atom stereocenters. The number of nitrogens with one attached hydrogen (secondary N) is 1. The Morgan fingerprint density at radius 2 is 2.03 bits per heavy atom. The van der Waals surface area contributed by atoms with Gasteiger partial charge in [-0.3, -0.25) is 0 Å². The number of sulfone groups is 1. The monoisotopic (exact) mass is 489 g/mol. The molecule has 11 heteroatoms. The van der Waals surface area contributed by atoms with Gasteiger partial charge in [0, 0.05) is 19.2 Å². The van der Waals surface area contributed by atoms with Crippen LogP contribution in [0.1, 0.15) is 36.1 Å². The number of fused-ring (bicyclic) bond motifs is 1. The van der Waals surface area contributed by atoms with E-state index in [1.807, 2.05) is 18.0 Å². The van der Waals surface area contributed by atoms with Crippen molar-refractivity contribution in [1.82, 2.24) is 9.97 Å². The third kappa shape index (κ3) is 4.50. The Labute approximate surface area is 195 Å². The Morgan fingerprint density at radius 1 is 1.26 bits per heavy atom. The molecular weight excluding hydrogens is 467 g/mol. The van der Waals surface area contributed by atoms with Crippen LogP contribution in [0.2, 0.25) is 0 Å². The summed E-state index contributed by atoms with van der Waals surface area (Å²) >= 11 is 0. The Hall–Kier alpha value is -3.39. The Balaban J connectivity index is 1.69. The average Bonchev–Trinajstić information content (AvgIpc) is 2.79. The molecular formula is C23H22F3N5O2S. The molecule has 0 bridgehead atoms. The van der Waals surface area contributed by atoms with Gasteiger partial charge in [-0.05, 0) is 36.6 Å². The molecule has 178 valence electrons. The van der Waals surface area contributed by atoms with Crippen LogP contribution in [-0.2, 0) is 15.8 Å². The van der Waals surface area contributed by atoms with Gasteiger partial charge in [0.1, 0.15) is 29.8 Å². The van der Waals surface area contributed by atoms with Crippen molar-refractivity contribution < 1.29 is 21.6 Å². The number of rotatable bonds is 5. The molecule has 0 aliphatic carbocycles.